The number of nitrogens with zero attached hydrogens (tertiary/aromatic N) is 2. The topological polar surface area (TPSA) is 34.9 Å². The highest BCUT2D eigenvalue weighted by Gasteiger charge is 2.11. The number of thiophene rings is 1. The van der Waals surface area contributed by atoms with E-state index in [1.807, 2.05) is 41.8 Å². The van der Waals surface area contributed by atoms with E-state index >= 15 is 0 Å². The fourth-order valence-corrected chi connectivity index (χ4v) is 3.50. The van der Waals surface area contributed by atoms with Crippen LogP contribution in [0.15, 0.2) is 51.7 Å². The highest BCUT2D eigenvalue weighted by molar-refractivity contribution is 7.99. The number of benzene rings is 1. The Morgan fingerprint density at radius 1 is 1.25 bits per heavy atom. The third-order valence-electron chi connectivity index (χ3n) is 2.99. The van der Waals surface area contributed by atoms with E-state index in [1.165, 1.54) is 4.88 Å². The third kappa shape index (κ3) is 2.51. The molecule has 0 unspecified atom stereocenters. The van der Waals surface area contributed by atoms with Crippen LogP contribution in [0.1, 0.15) is 11.8 Å². The van der Waals surface area contributed by atoms with Crippen LogP contribution in [0.2, 0.25) is 0 Å². The number of hydrogen-bond donors (Lipinski definition) is 0. The molecule has 0 aliphatic rings. The Bertz CT molecular complexity index is 778. The van der Waals surface area contributed by atoms with E-state index in [0.717, 1.165) is 16.4 Å². The molecule has 0 bridgehead atoms. The first-order valence-corrected chi connectivity index (χ1v) is 8.31. The van der Waals surface area contributed by atoms with Gasteiger partial charge in [-0.3, -0.25) is 9.36 Å². The Morgan fingerprint density at radius 2 is 2.10 bits per heavy atom. The summed E-state index contributed by atoms with van der Waals surface area (Å²) in [6.45, 7) is 2.66. The molecule has 0 aliphatic heterocycles. The summed E-state index contributed by atoms with van der Waals surface area (Å²) in [5, 5.41) is 3.51. The van der Waals surface area contributed by atoms with Crippen molar-refractivity contribution < 1.29 is 0 Å². The maximum absolute atomic E-state index is 12.7. The summed E-state index contributed by atoms with van der Waals surface area (Å²) >= 11 is 3.27. The van der Waals surface area contributed by atoms with Crippen LogP contribution in [0.5, 0.6) is 0 Å². The first-order chi connectivity index (χ1) is 9.79. The van der Waals surface area contributed by atoms with Crippen molar-refractivity contribution in [3.63, 3.8) is 0 Å². The van der Waals surface area contributed by atoms with Crippen molar-refractivity contribution in [3.8, 4) is 0 Å². The number of aromatic nitrogens is 2. The molecular weight excluding hydrogens is 288 g/mol. The molecule has 0 spiro atoms. The lowest BCUT2D eigenvalue weighted by Gasteiger charge is -2.11. The zero-order chi connectivity index (χ0) is 13.9. The van der Waals surface area contributed by atoms with Gasteiger partial charge in [0.15, 0.2) is 5.16 Å². The van der Waals surface area contributed by atoms with Gasteiger partial charge in [0, 0.05) is 4.88 Å². The molecule has 0 saturated carbocycles. The number of fused-ring (bicyclic) bond motifs is 1. The van der Waals surface area contributed by atoms with Crippen molar-refractivity contribution in [1.82, 2.24) is 9.55 Å². The van der Waals surface area contributed by atoms with E-state index in [1.54, 1.807) is 27.7 Å². The van der Waals surface area contributed by atoms with E-state index in [0.29, 0.717) is 11.9 Å². The smallest absolute Gasteiger partial charge is 0.262 e. The summed E-state index contributed by atoms with van der Waals surface area (Å²) in [4.78, 5) is 18.5. The highest BCUT2D eigenvalue weighted by Crippen LogP contribution is 2.19. The van der Waals surface area contributed by atoms with Gasteiger partial charge in [-0.2, -0.15) is 0 Å². The number of thioether (sulfide) groups is 1. The van der Waals surface area contributed by atoms with Crippen molar-refractivity contribution in [2.75, 3.05) is 5.75 Å². The van der Waals surface area contributed by atoms with E-state index in [9.17, 15) is 4.79 Å². The van der Waals surface area contributed by atoms with Gasteiger partial charge in [0.25, 0.3) is 5.56 Å². The van der Waals surface area contributed by atoms with Gasteiger partial charge in [0.05, 0.1) is 17.4 Å². The quantitative estimate of drug-likeness (QED) is 0.545. The fraction of sp³-hybridized carbons (Fsp3) is 0.200. The van der Waals surface area contributed by atoms with E-state index in [2.05, 4.69) is 11.9 Å². The van der Waals surface area contributed by atoms with Gasteiger partial charge in [0.1, 0.15) is 0 Å². The molecule has 102 valence electrons. The maximum atomic E-state index is 12.7. The molecule has 0 N–H and O–H groups in total. The largest absolute Gasteiger partial charge is 0.282 e. The summed E-state index contributed by atoms with van der Waals surface area (Å²) in [5.74, 6) is 0.898. The lowest BCUT2D eigenvalue weighted by atomic mass is 10.2. The summed E-state index contributed by atoms with van der Waals surface area (Å²) < 4.78 is 1.78. The number of hydrogen-bond acceptors (Lipinski definition) is 4. The van der Waals surface area contributed by atoms with Crippen molar-refractivity contribution in [2.45, 2.75) is 18.6 Å². The zero-order valence-electron chi connectivity index (χ0n) is 11.1. The van der Waals surface area contributed by atoms with Gasteiger partial charge >= 0.3 is 0 Å². The minimum Gasteiger partial charge on any atom is -0.282 e. The molecule has 0 radical (unpaired) electrons. The van der Waals surface area contributed by atoms with Gasteiger partial charge in [-0.1, -0.05) is 36.9 Å². The summed E-state index contributed by atoms with van der Waals surface area (Å²) in [6.07, 6.45) is 0. The van der Waals surface area contributed by atoms with Gasteiger partial charge in [-0.15, -0.1) is 11.3 Å². The molecule has 1 aromatic carbocycles. The van der Waals surface area contributed by atoms with Crippen molar-refractivity contribution in [1.29, 1.82) is 0 Å². The SMILES string of the molecule is CCSc1nc2ccccc2c(=O)n1Cc1cccs1. The normalized spacial score (nSPS) is 11.1. The zero-order valence-corrected chi connectivity index (χ0v) is 12.7. The fourth-order valence-electron chi connectivity index (χ4n) is 2.08. The minimum atomic E-state index is 0.0416. The average Bonchev–Trinajstić information content (AvgIpc) is 2.96. The molecule has 3 aromatic rings. The molecule has 2 aromatic heterocycles. The molecule has 20 heavy (non-hydrogen) atoms. The van der Waals surface area contributed by atoms with Crippen LogP contribution in [-0.4, -0.2) is 15.3 Å². The molecule has 2 heterocycles. The van der Waals surface area contributed by atoms with Crippen molar-refractivity contribution >= 4 is 34.0 Å². The Kier molecular flexibility index (Phi) is 3.89. The van der Waals surface area contributed by atoms with Crippen LogP contribution in [0, 0.1) is 0 Å². The molecule has 0 aliphatic carbocycles. The molecule has 0 fully saturated rings. The van der Waals surface area contributed by atoms with E-state index in [4.69, 9.17) is 0 Å². The first kappa shape index (κ1) is 13.4. The highest BCUT2D eigenvalue weighted by atomic mass is 32.2. The molecule has 0 saturated heterocycles. The Hall–Kier alpha value is -1.59. The molecule has 5 heteroatoms. The van der Waals surface area contributed by atoms with Gasteiger partial charge in [-0.05, 0) is 29.3 Å². The van der Waals surface area contributed by atoms with Crippen LogP contribution < -0.4 is 5.56 Å². The Labute approximate surface area is 125 Å². The summed E-state index contributed by atoms with van der Waals surface area (Å²) in [5.41, 5.74) is 0.816. The molecule has 0 amide bonds. The van der Waals surface area contributed by atoms with Crippen LogP contribution in [0.3, 0.4) is 0 Å². The molecule has 3 rings (SSSR count). The van der Waals surface area contributed by atoms with Gasteiger partial charge in [-0.25, -0.2) is 4.98 Å². The second-order valence-corrected chi connectivity index (χ2v) is 6.58. The summed E-state index contributed by atoms with van der Waals surface area (Å²) in [7, 11) is 0. The first-order valence-electron chi connectivity index (χ1n) is 6.44. The van der Waals surface area contributed by atoms with Crippen molar-refractivity contribution in [2.24, 2.45) is 0 Å². The standard InChI is InChI=1S/C15H14N2OS2/c1-2-19-15-16-13-8-4-3-7-12(13)14(18)17(15)10-11-6-5-9-20-11/h3-9H,2,10H2,1H3. The Balaban J connectivity index is 2.19. The van der Waals surface area contributed by atoms with Gasteiger partial charge in [0.2, 0.25) is 0 Å². The lowest BCUT2D eigenvalue weighted by Crippen LogP contribution is -2.23. The average molecular weight is 302 g/mol. The van der Waals surface area contributed by atoms with Crippen LogP contribution in [0.25, 0.3) is 10.9 Å². The second kappa shape index (κ2) is 5.81. The molecular formula is C15H14N2OS2. The second-order valence-electron chi connectivity index (χ2n) is 4.32. The van der Waals surface area contributed by atoms with Crippen LogP contribution >= 0.6 is 23.1 Å². The van der Waals surface area contributed by atoms with E-state index < -0.39 is 0 Å². The van der Waals surface area contributed by atoms with Crippen LogP contribution in [0.4, 0.5) is 0 Å². The van der Waals surface area contributed by atoms with Gasteiger partial charge < -0.3 is 0 Å². The van der Waals surface area contributed by atoms with E-state index in [-0.39, 0.29) is 5.56 Å². The lowest BCUT2D eigenvalue weighted by molar-refractivity contribution is 0.665. The third-order valence-corrected chi connectivity index (χ3v) is 4.71. The Morgan fingerprint density at radius 3 is 2.85 bits per heavy atom. The van der Waals surface area contributed by atoms with Crippen molar-refractivity contribution in [3.05, 3.63) is 57.0 Å². The summed E-state index contributed by atoms with van der Waals surface area (Å²) in [6, 6.07) is 11.6. The number of para-hydroxylation sites is 1. The molecule has 0 atom stereocenters. The van der Waals surface area contributed by atoms with Crippen LogP contribution in [-0.2, 0) is 6.54 Å². The molecule has 3 nitrogen and oxygen atoms in total. The predicted molar refractivity (Wildman–Crippen MR) is 85.8 cm³/mol. The minimum absolute atomic E-state index is 0.0416. The monoisotopic (exact) mass is 302 g/mol. The number of rotatable bonds is 4. The predicted octanol–water partition coefficient (Wildman–Crippen LogP) is 3.62. The maximum Gasteiger partial charge on any atom is 0.262 e.